The molecule has 0 saturated heterocycles. The summed E-state index contributed by atoms with van der Waals surface area (Å²) in [5.74, 6) is 0. The predicted molar refractivity (Wildman–Crippen MR) is 67.6 cm³/mol. The fourth-order valence-corrected chi connectivity index (χ4v) is 1.49. The molecule has 15 heavy (non-hydrogen) atoms. The number of benzene rings is 1. The van der Waals surface area contributed by atoms with Crippen LogP contribution in [0.4, 0.5) is 5.69 Å². The Morgan fingerprint density at radius 1 is 1.20 bits per heavy atom. The smallest absolute Gasteiger partial charge is 0.0361 e. The third-order valence-corrected chi connectivity index (χ3v) is 2.81. The summed E-state index contributed by atoms with van der Waals surface area (Å²) < 4.78 is 0. The molecule has 1 aromatic carbocycles. The second-order valence-electron chi connectivity index (χ2n) is 4.29. The van der Waals surface area contributed by atoms with Crippen molar-refractivity contribution in [1.29, 1.82) is 0 Å². The lowest BCUT2D eigenvalue weighted by molar-refractivity contribution is 0.565. The van der Waals surface area contributed by atoms with Crippen molar-refractivity contribution in [2.24, 2.45) is 0 Å². The van der Waals surface area contributed by atoms with Gasteiger partial charge in [-0.1, -0.05) is 12.1 Å². The van der Waals surface area contributed by atoms with E-state index in [0.717, 1.165) is 6.42 Å². The average molecular weight is 206 g/mol. The van der Waals surface area contributed by atoms with Crippen LogP contribution < -0.4 is 10.2 Å². The summed E-state index contributed by atoms with van der Waals surface area (Å²) in [4.78, 5) is 2.13. The van der Waals surface area contributed by atoms with Crippen LogP contribution >= 0.6 is 0 Å². The first-order valence-corrected chi connectivity index (χ1v) is 5.57. The Hall–Kier alpha value is -1.02. The molecular weight excluding hydrogens is 184 g/mol. The summed E-state index contributed by atoms with van der Waals surface area (Å²) in [5.41, 5.74) is 2.68. The van der Waals surface area contributed by atoms with Crippen LogP contribution in [-0.4, -0.2) is 27.2 Å². The molecule has 0 fully saturated rings. The zero-order chi connectivity index (χ0) is 11.3. The Morgan fingerprint density at radius 3 is 2.27 bits per heavy atom. The topological polar surface area (TPSA) is 15.3 Å². The van der Waals surface area contributed by atoms with E-state index in [-0.39, 0.29) is 0 Å². The zero-order valence-corrected chi connectivity index (χ0v) is 10.2. The van der Waals surface area contributed by atoms with Crippen molar-refractivity contribution in [3.05, 3.63) is 29.8 Å². The van der Waals surface area contributed by atoms with E-state index in [9.17, 15) is 0 Å². The van der Waals surface area contributed by atoms with Gasteiger partial charge in [0.05, 0.1) is 0 Å². The molecule has 1 rings (SSSR count). The third-order valence-electron chi connectivity index (χ3n) is 2.81. The molecule has 0 aromatic heterocycles. The van der Waals surface area contributed by atoms with Crippen LogP contribution in [0, 0.1) is 0 Å². The minimum absolute atomic E-state index is 0.596. The summed E-state index contributed by atoms with van der Waals surface area (Å²) in [6.07, 6.45) is 2.34. The van der Waals surface area contributed by atoms with E-state index < -0.39 is 0 Å². The quantitative estimate of drug-likeness (QED) is 0.795. The van der Waals surface area contributed by atoms with Gasteiger partial charge in [0.25, 0.3) is 0 Å². The van der Waals surface area contributed by atoms with Gasteiger partial charge in [0.15, 0.2) is 0 Å². The highest BCUT2D eigenvalue weighted by Crippen LogP contribution is 2.13. The molecule has 0 aliphatic carbocycles. The highest BCUT2D eigenvalue weighted by atomic mass is 15.1. The minimum Gasteiger partial charge on any atom is -0.378 e. The van der Waals surface area contributed by atoms with Crippen LogP contribution in [0.2, 0.25) is 0 Å². The molecule has 0 heterocycles. The largest absolute Gasteiger partial charge is 0.378 e. The van der Waals surface area contributed by atoms with Gasteiger partial charge in [-0.15, -0.1) is 0 Å². The first-order valence-electron chi connectivity index (χ1n) is 5.57. The van der Waals surface area contributed by atoms with E-state index in [1.165, 1.54) is 17.7 Å². The first kappa shape index (κ1) is 12.1. The molecular formula is C13H22N2. The molecule has 0 amide bonds. The molecule has 0 aliphatic heterocycles. The van der Waals surface area contributed by atoms with E-state index in [1.54, 1.807) is 0 Å². The van der Waals surface area contributed by atoms with E-state index in [4.69, 9.17) is 0 Å². The van der Waals surface area contributed by atoms with Crippen molar-refractivity contribution in [2.45, 2.75) is 25.8 Å². The van der Waals surface area contributed by atoms with Crippen molar-refractivity contribution in [3.8, 4) is 0 Å². The molecule has 84 valence electrons. The summed E-state index contributed by atoms with van der Waals surface area (Å²) in [7, 11) is 6.15. The van der Waals surface area contributed by atoms with E-state index in [0.29, 0.717) is 6.04 Å². The highest BCUT2D eigenvalue weighted by Gasteiger charge is 2.00. The first-order chi connectivity index (χ1) is 7.13. The van der Waals surface area contributed by atoms with Gasteiger partial charge in [0.2, 0.25) is 0 Å². The number of aryl methyl sites for hydroxylation is 1. The van der Waals surface area contributed by atoms with Crippen molar-refractivity contribution < 1.29 is 0 Å². The van der Waals surface area contributed by atoms with Gasteiger partial charge < -0.3 is 10.2 Å². The third kappa shape index (κ3) is 3.92. The molecule has 0 aliphatic rings. The number of hydrogen-bond acceptors (Lipinski definition) is 2. The number of nitrogens with zero attached hydrogens (tertiary/aromatic N) is 1. The Balaban J connectivity index is 2.50. The highest BCUT2D eigenvalue weighted by molar-refractivity contribution is 5.45. The molecule has 2 heteroatoms. The lowest BCUT2D eigenvalue weighted by atomic mass is 10.1. The van der Waals surface area contributed by atoms with Gasteiger partial charge in [-0.2, -0.15) is 0 Å². The molecule has 0 radical (unpaired) electrons. The molecule has 1 unspecified atom stereocenters. The number of hydrogen-bond donors (Lipinski definition) is 1. The molecule has 0 bridgehead atoms. The van der Waals surface area contributed by atoms with Gasteiger partial charge in [0.1, 0.15) is 0 Å². The SMILES string of the molecule is CNC(C)CCc1ccc(N(C)C)cc1. The van der Waals surface area contributed by atoms with Crippen molar-refractivity contribution in [2.75, 3.05) is 26.0 Å². The lowest BCUT2D eigenvalue weighted by Gasteiger charge is -2.13. The van der Waals surface area contributed by atoms with E-state index in [2.05, 4.69) is 55.5 Å². The van der Waals surface area contributed by atoms with Gasteiger partial charge in [-0.3, -0.25) is 0 Å². The van der Waals surface area contributed by atoms with Crippen molar-refractivity contribution in [1.82, 2.24) is 5.32 Å². The maximum atomic E-state index is 3.26. The Kier molecular flexibility index (Phi) is 4.63. The maximum Gasteiger partial charge on any atom is 0.0361 e. The number of rotatable bonds is 5. The number of nitrogens with one attached hydrogen (secondary N) is 1. The Bertz CT molecular complexity index is 277. The normalized spacial score (nSPS) is 12.5. The van der Waals surface area contributed by atoms with Crippen LogP contribution in [0.5, 0.6) is 0 Å². The molecule has 2 nitrogen and oxygen atoms in total. The second kappa shape index (κ2) is 5.76. The van der Waals surface area contributed by atoms with E-state index >= 15 is 0 Å². The lowest BCUT2D eigenvalue weighted by Crippen LogP contribution is -2.21. The van der Waals surface area contributed by atoms with E-state index in [1.807, 2.05) is 7.05 Å². The van der Waals surface area contributed by atoms with Crippen LogP contribution in [-0.2, 0) is 6.42 Å². The van der Waals surface area contributed by atoms with Gasteiger partial charge >= 0.3 is 0 Å². The fraction of sp³-hybridized carbons (Fsp3) is 0.538. The summed E-state index contributed by atoms with van der Waals surface area (Å²) in [5, 5.41) is 3.26. The van der Waals surface area contributed by atoms with Crippen LogP contribution in [0.1, 0.15) is 18.9 Å². The Labute approximate surface area is 93.3 Å². The number of anilines is 1. The fourth-order valence-electron chi connectivity index (χ4n) is 1.49. The summed E-state index contributed by atoms with van der Waals surface area (Å²) in [6.45, 7) is 2.22. The maximum absolute atomic E-state index is 3.26. The Morgan fingerprint density at radius 2 is 1.80 bits per heavy atom. The molecule has 1 aromatic rings. The van der Waals surface area contributed by atoms with Gasteiger partial charge in [-0.05, 0) is 44.5 Å². The zero-order valence-electron chi connectivity index (χ0n) is 10.2. The van der Waals surface area contributed by atoms with Crippen LogP contribution in [0.25, 0.3) is 0 Å². The minimum atomic E-state index is 0.596. The average Bonchev–Trinajstić information content (AvgIpc) is 2.26. The van der Waals surface area contributed by atoms with Gasteiger partial charge in [-0.25, -0.2) is 0 Å². The van der Waals surface area contributed by atoms with Crippen LogP contribution in [0.15, 0.2) is 24.3 Å². The molecule has 1 atom stereocenters. The van der Waals surface area contributed by atoms with Crippen molar-refractivity contribution in [3.63, 3.8) is 0 Å². The monoisotopic (exact) mass is 206 g/mol. The molecule has 0 saturated carbocycles. The van der Waals surface area contributed by atoms with Crippen LogP contribution in [0.3, 0.4) is 0 Å². The second-order valence-corrected chi connectivity index (χ2v) is 4.29. The van der Waals surface area contributed by atoms with Crippen molar-refractivity contribution >= 4 is 5.69 Å². The summed E-state index contributed by atoms with van der Waals surface area (Å²) >= 11 is 0. The molecule has 1 N–H and O–H groups in total. The predicted octanol–water partition coefficient (Wildman–Crippen LogP) is 2.29. The summed E-state index contributed by atoms with van der Waals surface area (Å²) in [6, 6.07) is 9.40. The van der Waals surface area contributed by atoms with Gasteiger partial charge in [0, 0.05) is 25.8 Å². The standard InChI is InChI=1S/C13H22N2/c1-11(14-2)5-6-12-7-9-13(10-8-12)15(3)4/h7-11,14H,5-6H2,1-4H3. The molecule has 0 spiro atoms.